The van der Waals surface area contributed by atoms with Crippen LogP contribution in [0, 0.1) is 11.3 Å². The average molecular weight is 237 g/mol. The van der Waals surface area contributed by atoms with Crippen LogP contribution in [0.5, 0.6) is 0 Å². The van der Waals surface area contributed by atoms with Crippen molar-refractivity contribution in [2.75, 3.05) is 6.61 Å². The fourth-order valence-corrected chi connectivity index (χ4v) is 3.74. The van der Waals surface area contributed by atoms with Gasteiger partial charge in [0.05, 0.1) is 6.10 Å². The lowest BCUT2D eigenvalue weighted by Gasteiger charge is -2.41. The van der Waals surface area contributed by atoms with Gasteiger partial charge in [-0.25, -0.2) is 0 Å². The normalized spacial score (nSPS) is 41.6. The van der Waals surface area contributed by atoms with Gasteiger partial charge in [-0.15, -0.1) is 0 Å². The molecule has 3 rings (SSSR count). The maximum Gasteiger partial charge on any atom is 0.0757 e. The van der Waals surface area contributed by atoms with Crippen molar-refractivity contribution in [3.8, 4) is 0 Å². The van der Waals surface area contributed by atoms with Crippen LogP contribution < -0.4 is 5.32 Å². The van der Waals surface area contributed by atoms with E-state index in [1.807, 2.05) is 0 Å². The SMILES string of the molecule is CC1(C)CCCCC1NC1CCOC1C1CC1. The molecule has 17 heavy (non-hydrogen) atoms. The van der Waals surface area contributed by atoms with Crippen LogP contribution in [0.4, 0.5) is 0 Å². The number of nitrogens with one attached hydrogen (secondary N) is 1. The second-order valence-corrected chi connectivity index (χ2v) is 7.02. The smallest absolute Gasteiger partial charge is 0.0757 e. The van der Waals surface area contributed by atoms with Crippen LogP contribution in [0.25, 0.3) is 0 Å². The predicted molar refractivity (Wildman–Crippen MR) is 70.0 cm³/mol. The minimum absolute atomic E-state index is 0.481. The monoisotopic (exact) mass is 237 g/mol. The van der Waals surface area contributed by atoms with Gasteiger partial charge >= 0.3 is 0 Å². The van der Waals surface area contributed by atoms with Gasteiger partial charge in [-0.3, -0.25) is 0 Å². The molecule has 1 N–H and O–H groups in total. The Morgan fingerprint density at radius 1 is 1.06 bits per heavy atom. The highest BCUT2D eigenvalue weighted by Gasteiger charge is 2.43. The molecule has 2 aliphatic carbocycles. The summed E-state index contributed by atoms with van der Waals surface area (Å²) in [5.41, 5.74) is 0.481. The van der Waals surface area contributed by atoms with Gasteiger partial charge in [0.1, 0.15) is 0 Å². The van der Waals surface area contributed by atoms with Crippen molar-refractivity contribution < 1.29 is 4.74 Å². The van der Waals surface area contributed by atoms with E-state index >= 15 is 0 Å². The summed E-state index contributed by atoms with van der Waals surface area (Å²) in [7, 11) is 0. The summed E-state index contributed by atoms with van der Waals surface area (Å²) in [6, 6.07) is 1.36. The van der Waals surface area contributed by atoms with Crippen LogP contribution in [0.1, 0.15) is 58.8 Å². The maximum atomic E-state index is 5.94. The van der Waals surface area contributed by atoms with Crippen molar-refractivity contribution in [3.05, 3.63) is 0 Å². The highest BCUT2D eigenvalue weighted by molar-refractivity contribution is 4.97. The predicted octanol–water partition coefficient (Wildman–Crippen LogP) is 3.11. The van der Waals surface area contributed by atoms with Gasteiger partial charge in [0, 0.05) is 18.7 Å². The number of hydrogen-bond donors (Lipinski definition) is 1. The maximum absolute atomic E-state index is 5.94. The van der Waals surface area contributed by atoms with Gasteiger partial charge in [0.2, 0.25) is 0 Å². The quantitative estimate of drug-likeness (QED) is 0.814. The van der Waals surface area contributed by atoms with Gasteiger partial charge in [0.15, 0.2) is 0 Å². The Morgan fingerprint density at radius 2 is 1.88 bits per heavy atom. The molecule has 98 valence electrons. The van der Waals surface area contributed by atoms with Crippen LogP contribution in [-0.2, 0) is 4.74 Å². The fourth-order valence-electron chi connectivity index (χ4n) is 3.74. The molecular formula is C15H27NO. The zero-order valence-corrected chi connectivity index (χ0v) is 11.4. The van der Waals surface area contributed by atoms with Crippen molar-refractivity contribution in [1.29, 1.82) is 0 Å². The molecule has 0 aromatic carbocycles. The first kappa shape index (κ1) is 12.0. The summed E-state index contributed by atoms with van der Waals surface area (Å²) in [5.74, 6) is 0.877. The van der Waals surface area contributed by atoms with E-state index in [0.717, 1.165) is 12.5 Å². The third kappa shape index (κ3) is 2.53. The first-order chi connectivity index (χ1) is 8.17. The molecule has 1 saturated heterocycles. The van der Waals surface area contributed by atoms with Crippen molar-refractivity contribution in [3.63, 3.8) is 0 Å². The lowest BCUT2D eigenvalue weighted by atomic mass is 9.73. The highest BCUT2D eigenvalue weighted by Crippen LogP contribution is 2.41. The Morgan fingerprint density at radius 3 is 2.59 bits per heavy atom. The second-order valence-electron chi connectivity index (χ2n) is 7.02. The summed E-state index contributed by atoms with van der Waals surface area (Å²) < 4.78 is 5.94. The summed E-state index contributed by atoms with van der Waals surface area (Å²) in [4.78, 5) is 0. The lowest BCUT2D eigenvalue weighted by molar-refractivity contribution is 0.0679. The summed E-state index contributed by atoms with van der Waals surface area (Å²) in [5, 5.41) is 3.95. The summed E-state index contributed by atoms with van der Waals surface area (Å²) in [6.07, 6.45) is 10.1. The largest absolute Gasteiger partial charge is 0.376 e. The second kappa shape index (κ2) is 4.55. The molecular weight excluding hydrogens is 210 g/mol. The minimum atomic E-state index is 0.481. The van der Waals surface area contributed by atoms with Crippen LogP contribution in [0.15, 0.2) is 0 Å². The van der Waals surface area contributed by atoms with E-state index in [9.17, 15) is 0 Å². The molecule has 0 amide bonds. The third-order valence-electron chi connectivity index (χ3n) is 5.14. The van der Waals surface area contributed by atoms with E-state index in [4.69, 9.17) is 4.74 Å². The summed E-state index contributed by atoms with van der Waals surface area (Å²) >= 11 is 0. The topological polar surface area (TPSA) is 21.3 Å². The molecule has 3 fully saturated rings. The standard InChI is InChI=1S/C15H27NO/c1-15(2)9-4-3-5-13(15)16-12-8-10-17-14(12)11-6-7-11/h11-14,16H,3-10H2,1-2H3. The van der Waals surface area contributed by atoms with Crippen molar-refractivity contribution >= 4 is 0 Å². The van der Waals surface area contributed by atoms with E-state index in [0.29, 0.717) is 23.6 Å². The zero-order chi connectivity index (χ0) is 11.9. The van der Waals surface area contributed by atoms with Crippen molar-refractivity contribution in [2.45, 2.75) is 77.0 Å². The Bertz CT molecular complexity index is 272. The molecule has 3 unspecified atom stereocenters. The van der Waals surface area contributed by atoms with E-state index < -0.39 is 0 Å². The molecule has 0 aromatic heterocycles. The van der Waals surface area contributed by atoms with Crippen LogP contribution in [-0.4, -0.2) is 24.8 Å². The molecule has 0 radical (unpaired) electrons. The molecule has 2 saturated carbocycles. The molecule has 1 heterocycles. The Balaban J connectivity index is 1.61. The van der Waals surface area contributed by atoms with E-state index in [1.54, 1.807) is 0 Å². The molecule has 2 nitrogen and oxygen atoms in total. The molecule has 2 heteroatoms. The Kier molecular flexibility index (Phi) is 3.20. The van der Waals surface area contributed by atoms with E-state index in [1.165, 1.54) is 44.9 Å². The molecule has 0 aromatic rings. The average Bonchev–Trinajstić information content (AvgIpc) is 3.02. The van der Waals surface area contributed by atoms with Crippen molar-refractivity contribution in [2.24, 2.45) is 11.3 Å². The number of rotatable bonds is 3. The molecule has 3 aliphatic rings. The van der Waals surface area contributed by atoms with Gasteiger partial charge in [-0.05, 0) is 43.4 Å². The Hall–Kier alpha value is -0.0800. The lowest BCUT2D eigenvalue weighted by Crippen LogP contribution is -2.51. The highest BCUT2D eigenvalue weighted by atomic mass is 16.5. The fraction of sp³-hybridized carbons (Fsp3) is 1.00. The minimum Gasteiger partial charge on any atom is -0.376 e. The first-order valence-corrected chi connectivity index (χ1v) is 7.54. The summed E-state index contributed by atoms with van der Waals surface area (Å²) in [6.45, 7) is 5.85. The number of ether oxygens (including phenoxy) is 1. The molecule has 0 bridgehead atoms. The molecule has 3 atom stereocenters. The first-order valence-electron chi connectivity index (χ1n) is 7.54. The van der Waals surface area contributed by atoms with Gasteiger partial charge in [-0.1, -0.05) is 26.7 Å². The molecule has 0 spiro atoms. The van der Waals surface area contributed by atoms with Gasteiger partial charge in [0.25, 0.3) is 0 Å². The third-order valence-corrected chi connectivity index (χ3v) is 5.14. The van der Waals surface area contributed by atoms with Gasteiger partial charge in [-0.2, -0.15) is 0 Å². The van der Waals surface area contributed by atoms with Crippen LogP contribution in [0.2, 0.25) is 0 Å². The van der Waals surface area contributed by atoms with Crippen molar-refractivity contribution in [1.82, 2.24) is 5.32 Å². The van der Waals surface area contributed by atoms with E-state index in [-0.39, 0.29) is 0 Å². The molecule has 1 aliphatic heterocycles. The van der Waals surface area contributed by atoms with E-state index in [2.05, 4.69) is 19.2 Å². The van der Waals surface area contributed by atoms with Crippen LogP contribution in [0.3, 0.4) is 0 Å². The zero-order valence-electron chi connectivity index (χ0n) is 11.4. The Labute approximate surface area is 105 Å². The van der Waals surface area contributed by atoms with Gasteiger partial charge < -0.3 is 10.1 Å². The van der Waals surface area contributed by atoms with Crippen LogP contribution >= 0.6 is 0 Å². The number of hydrogen-bond acceptors (Lipinski definition) is 2.